The zero-order chi connectivity index (χ0) is 9.26. The van der Waals surface area contributed by atoms with E-state index in [1.165, 1.54) is 0 Å². The van der Waals surface area contributed by atoms with Gasteiger partial charge in [-0.1, -0.05) is 0 Å². The largest absolute Gasteiger partial charge is 0.495 e. The number of aromatic nitrogens is 1. The summed E-state index contributed by atoms with van der Waals surface area (Å²) in [5.41, 5.74) is 2.07. The lowest BCUT2D eigenvalue weighted by Gasteiger charge is -2.14. The predicted octanol–water partition coefficient (Wildman–Crippen LogP) is 1.15. The lowest BCUT2D eigenvalue weighted by molar-refractivity contribution is -0.118. The molecule has 0 aromatic carbocycles. The highest BCUT2D eigenvalue weighted by atomic mass is 16.5. The van der Waals surface area contributed by atoms with E-state index in [1.54, 1.807) is 13.3 Å². The highest BCUT2D eigenvalue weighted by molar-refractivity contribution is 5.82. The van der Waals surface area contributed by atoms with Crippen molar-refractivity contribution in [3.8, 4) is 5.75 Å². The maximum absolute atomic E-state index is 11.2. The monoisotopic (exact) mass is 177 g/mol. The third-order valence-corrected chi connectivity index (χ3v) is 2.30. The summed E-state index contributed by atoms with van der Waals surface area (Å²) in [5.74, 6) is 1.02. The molecule has 0 fully saturated rings. The van der Waals surface area contributed by atoms with Crippen LogP contribution in [0.1, 0.15) is 17.7 Å². The van der Waals surface area contributed by atoms with Crippen LogP contribution in [0, 0.1) is 0 Å². The molecule has 1 aromatic heterocycles. The third-order valence-electron chi connectivity index (χ3n) is 2.30. The van der Waals surface area contributed by atoms with E-state index in [4.69, 9.17) is 4.74 Å². The maximum atomic E-state index is 11.2. The van der Waals surface area contributed by atoms with Crippen LogP contribution < -0.4 is 4.74 Å². The molecule has 68 valence electrons. The second-order valence-corrected chi connectivity index (χ2v) is 3.20. The molecule has 0 atom stereocenters. The van der Waals surface area contributed by atoms with E-state index >= 15 is 0 Å². The first kappa shape index (κ1) is 8.23. The Hall–Kier alpha value is -1.38. The molecule has 1 aliphatic carbocycles. The lowest BCUT2D eigenvalue weighted by Crippen LogP contribution is -2.14. The average Bonchev–Trinajstić information content (AvgIpc) is 2.16. The second kappa shape index (κ2) is 3.17. The summed E-state index contributed by atoms with van der Waals surface area (Å²) >= 11 is 0. The van der Waals surface area contributed by atoms with Crippen LogP contribution in [0.15, 0.2) is 12.3 Å². The number of aryl methyl sites for hydroxylation is 1. The van der Waals surface area contributed by atoms with Crippen molar-refractivity contribution >= 4 is 5.78 Å². The third kappa shape index (κ3) is 1.54. The number of methoxy groups -OCH3 is 1. The van der Waals surface area contributed by atoms with Gasteiger partial charge in [-0.25, -0.2) is 0 Å². The molecule has 13 heavy (non-hydrogen) atoms. The van der Waals surface area contributed by atoms with Crippen LogP contribution in [0.5, 0.6) is 5.75 Å². The van der Waals surface area contributed by atoms with Gasteiger partial charge in [0, 0.05) is 18.5 Å². The molecule has 2 rings (SSSR count). The van der Waals surface area contributed by atoms with Crippen LogP contribution in [0.2, 0.25) is 0 Å². The maximum Gasteiger partial charge on any atom is 0.137 e. The summed E-state index contributed by atoms with van der Waals surface area (Å²) in [4.78, 5) is 15.4. The van der Waals surface area contributed by atoms with Crippen molar-refractivity contribution in [2.24, 2.45) is 0 Å². The number of pyridine rings is 1. The smallest absolute Gasteiger partial charge is 0.137 e. The van der Waals surface area contributed by atoms with Crippen molar-refractivity contribution < 1.29 is 9.53 Å². The summed E-state index contributed by atoms with van der Waals surface area (Å²) < 4.78 is 5.04. The molecule has 0 saturated heterocycles. The fourth-order valence-electron chi connectivity index (χ4n) is 1.57. The molecule has 0 unspecified atom stereocenters. The van der Waals surface area contributed by atoms with E-state index in [-0.39, 0.29) is 0 Å². The predicted molar refractivity (Wildman–Crippen MR) is 47.8 cm³/mol. The standard InChI is InChI=1S/C10H11NO2/c1-13-9-5-7-4-8(12)2-3-10(7)11-6-9/h5-6H,2-4H2,1H3. The first-order chi connectivity index (χ1) is 6.29. The molecule has 1 aliphatic rings. The highest BCUT2D eigenvalue weighted by Crippen LogP contribution is 2.21. The molecule has 0 spiro atoms. The number of Topliss-reactive ketones (excluding diaryl/α,β-unsaturated/α-hetero) is 1. The van der Waals surface area contributed by atoms with Gasteiger partial charge in [-0.2, -0.15) is 0 Å². The molecular weight excluding hydrogens is 166 g/mol. The Labute approximate surface area is 76.7 Å². The van der Waals surface area contributed by atoms with Crippen molar-refractivity contribution in [1.82, 2.24) is 4.98 Å². The Balaban J connectivity index is 2.38. The summed E-state index contributed by atoms with van der Waals surface area (Å²) in [6, 6.07) is 1.90. The SMILES string of the molecule is COc1cnc2c(c1)CC(=O)CC2. The number of ether oxygens (including phenoxy) is 1. The Morgan fingerprint density at radius 2 is 2.31 bits per heavy atom. The van der Waals surface area contributed by atoms with Gasteiger partial charge in [-0.05, 0) is 18.1 Å². The molecule has 0 N–H and O–H groups in total. The van der Waals surface area contributed by atoms with Crippen molar-refractivity contribution in [3.05, 3.63) is 23.5 Å². The minimum atomic E-state index is 0.294. The first-order valence-corrected chi connectivity index (χ1v) is 4.33. The minimum absolute atomic E-state index is 0.294. The Morgan fingerprint density at radius 3 is 3.08 bits per heavy atom. The van der Waals surface area contributed by atoms with Crippen LogP contribution in [-0.4, -0.2) is 17.9 Å². The molecule has 3 nitrogen and oxygen atoms in total. The number of fused-ring (bicyclic) bond motifs is 1. The van der Waals surface area contributed by atoms with Crippen LogP contribution in [0.4, 0.5) is 0 Å². The normalized spacial score (nSPS) is 15.3. The Kier molecular flexibility index (Phi) is 2.00. The van der Waals surface area contributed by atoms with Crippen LogP contribution in [-0.2, 0) is 17.6 Å². The van der Waals surface area contributed by atoms with Crippen molar-refractivity contribution in [2.45, 2.75) is 19.3 Å². The number of rotatable bonds is 1. The van der Waals surface area contributed by atoms with E-state index in [0.29, 0.717) is 18.6 Å². The van der Waals surface area contributed by atoms with Crippen LogP contribution in [0.3, 0.4) is 0 Å². The number of carbonyl (C=O) groups is 1. The van der Waals surface area contributed by atoms with E-state index in [2.05, 4.69) is 4.98 Å². The van der Waals surface area contributed by atoms with Gasteiger partial charge >= 0.3 is 0 Å². The zero-order valence-electron chi connectivity index (χ0n) is 7.54. The number of hydrogen-bond acceptors (Lipinski definition) is 3. The van der Waals surface area contributed by atoms with Crippen LogP contribution in [0.25, 0.3) is 0 Å². The molecule has 0 aliphatic heterocycles. The van der Waals surface area contributed by atoms with Gasteiger partial charge < -0.3 is 4.74 Å². The molecule has 0 saturated carbocycles. The molecule has 0 bridgehead atoms. The number of nitrogens with zero attached hydrogens (tertiary/aromatic N) is 1. The fraction of sp³-hybridized carbons (Fsp3) is 0.400. The zero-order valence-corrected chi connectivity index (χ0v) is 7.54. The topological polar surface area (TPSA) is 39.2 Å². The summed E-state index contributed by atoms with van der Waals surface area (Å²) in [7, 11) is 1.61. The van der Waals surface area contributed by atoms with Gasteiger partial charge in [-0.3, -0.25) is 9.78 Å². The molecule has 3 heteroatoms. The van der Waals surface area contributed by atoms with Gasteiger partial charge in [0.2, 0.25) is 0 Å². The van der Waals surface area contributed by atoms with Crippen molar-refractivity contribution in [3.63, 3.8) is 0 Å². The number of hydrogen-bond donors (Lipinski definition) is 0. The fourth-order valence-corrected chi connectivity index (χ4v) is 1.57. The molecule has 0 amide bonds. The summed E-state index contributed by atoms with van der Waals surface area (Å²) in [6.07, 6.45) is 3.62. The lowest BCUT2D eigenvalue weighted by atomic mass is 9.95. The van der Waals surface area contributed by atoms with Crippen LogP contribution >= 0.6 is 0 Å². The van der Waals surface area contributed by atoms with Crippen molar-refractivity contribution in [1.29, 1.82) is 0 Å². The number of ketones is 1. The summed E-state index contributed by atoms with van der Waals surface area (Å²) in [6.45, 7) is 0. The molecule has 1 aromatic rings. The summed E-state index contributed by atoms with van der Waals surface area (Å²) in [5, 5.41) is 0. The highest BCUT2D eigenvalue weighted by Gasteiger charge is 2.16. The molecule has 0 radical (unpaired) electrons. The molecule has 1 heterocycles. The first-order valence-electron chi connectivity index (χ1n) is 4.33. The number of carbonyl (C=O) groups excluding carboxylic acids is 1. The van der Waals surface area contributed by atoms with E-state index in [9.17, 15) is 4.79 Å². The van der Waals surface area contributed by atoms with E-state index < -0.39 is 0 Å². The Morgan fingerprint density at radius 1 is 1.46 bits per heavy atom. The van der Waals surface area contributed by atoms with Gasteiger partial charge in [0.25, 0.3) is 0 Å². The van der Waals surface area contributed by atoms with Gasteiger partial charge in [0.15, 0.2) is 0 Å². The molecular formula is C10H11NO2. The Bertz CT molecular complexity index is 347. The van der Waals surface area contributed by atoms with E-state index in [1.807, 2.05) is 6.07 Å². The minimum Gasteiger partial charge on any atom is -0.495 e. The van der Waals surface area contributed by atoms with Crippen molar-refractivity contribution in [2.75, 3.05) is 7.11 Å². The second-order valence-electron chi connectivity index (χ2n) is 3.20. The average molecular weight is 177 g/mol. The van der Waals surface area contributed by atoms with Gasteiger partial charge in [-0.15, -0.1) is 0 Å². The van der Waals surface area contributed by atoms with E-state index in [0.717, 1.165) is 23.4 Å². The van der Waals surface area contributed by atoms with Gasteiger partial charge in [0.1, 0.15) is 11.5 Å². The van der Waals surface area contributed by atoms with Gasteiger partial charge in [0.05, 0.1) is 13.3 Å². The quantitative estimate of drug-likeness (QED) is 0.646.